The Kier molecular flexibility index (Phi) is 5.99. The molecule has 1 aliphatic heterocycles. The van der Waals surface area contributed by atoms with Crippen LogP contribution in [0.15, 0.2) is 24.3 Å². The van der Waals surface area contributed by atoms with E-state index in [1.807, 2.05) is 24.3 Å². The fourth-order valence-electron chi connectivity index (χ4n) is 2.17. The van der Waals surface area contributed by atoms with Crippen LogP contribution in [0.25, 0.3) is 0 Å². The Bertz CT molecular complexity index is 583. The van der Waals surface area contributed by atoms with Crippen molar-refractivity contribution in [2.45, 2.75) is 37.4 Å². The highest BCUT2D eigenvalue weighted by Gasteiger charge is 2.33. The number of thioether (sulfide) groups is 1. The minimum atomic E-state index is -0.624. The summed E-state index contributed by atoms with van der Waals surface area (Å²) in [6.07, 6.45) is -0.602. The normalized spacial score (nSPS) is 18.1. The molecule has 0 aliphatic carbocycles. The first-order chi connectivity index (χ1) is 11.3. The van der Waals surface area contributed by atoms with Gasteiger partial charge in [-0.25, -0.2) is 14.5 Å². The van der Waals surface area contributed by atoms with Crippen LogP contribution in [0.3, 0.4) is 0 Å². The second-order valence-electron chi connectivity index (χ2n) is 6.56. The highest BCUT2D eigenvalue weighted by molar-refractivity contribution is 7.99. The standard InChI is InChI=1S/C17H24N2O4S/c1-17(2,3)23-16(21)19-10-14(9-18-15(19)20)24-11-12-5-7-13(22-4)8-6-12/h5-8,14H,9-11H2,1-4H3,(H,18,20). The van der Waals surface area contributed by atoms with E-state index in [4.69, 9.17) is 9.47 Å². The minimum absolute atomic E-state index is 0.123. The molecule has 0 spiro atoms. The zero-order chi connectivity index (χ0) is 17.7. The van der Waals surface area contributed by atoms with Gasteiger partial charge >= 0.3 is 12.1 Å². The molecule has 0 saturated carbocycles. The Morgan fingerprint density at radius 3 is 2.58 bits per heavy atom. The van der Waals surface area contributed by atoms with Crippen molar-refractivity contribution in [3.05, 3.63) is 29.8 Å². The van der Waals surface area contributed by atoms with Crippen LogP contribution in [0.4, 0.5) is 9.59 Å². The number of benzene rings is 1. The van der Waals surface area contributed by atoms with Gasteiger partial charge in [-0.15, -0.1) is 0 Å². The van der Waals surface area contributed by atoms with Gasteiger partial charge in [0.05, 0.1) is 7.11 Å². The predicted molar refractivity (Wildman–Crippen MR) is 94.4 cm³/mol. The van der Waals surface area contributed by atoms with E-state index in [0.717, 1.165) is 16.4 Å². The number of urea groups is 1. The fourth-order valence-corrected chi connectivity index (χ4v) is 3.25. The Morgan fingerprint density at radius 1 is 1.33 bits per heavy atom. The van der Waals surface area contributed by atoms with Crippen molar-refractivity contribution in [3.63, 3.8) is 0 Å². The summed E-state index contributed by atoms with van der Waals surface area (Å²) >= 11 is 1.70. The van der Waals surface area contributed by atoms with E-state index in [2.05, 4.69) is 5.32 Å². The number of ether oxygens (including phenoxy) is 2. The summed E-state index contributed by atoms with van der Waals surface area (Å²) in [4.78, 5) is 25.2. The SMILES string of the molecule is COc1ccc(CSC2CNC(=O)N(C(=O)OC(C)(C)C)C2)cc1. The molecule has 0 radical (unpaired) electrons. The minimum Gasteiger partial charge on any atom is -0.497 e. The monoisotopic (exact) mass is 352 g/mol. The molecule has 1 saturated heterocycles. The number of hydrogen-bond donors (Lipinski definition) is 1. The number of amides is 3. The van der Waals surface area contributed by atoms with Crippen molar-refractivity contribution in [3.8, 4) is 5.75 Å². The zero-order valence-corrected chi connectivity index (χ0v) is 15.3. The number of imide groups is 1. The van der Waals surface area contributed by atoms with E-state index >= 15 is 0 Å². The molecule has 1 unspecified atom stereocenters. The molecule has 0 aromatic heterocycles. The zero-order valence-electron chi connectivity index (χ0n) is 14.5. The number of rotatable bonds is 4. The largest absolute Gasteiger partial charge is 0.497 e. The Balaban J connectivity index is 1.89. The summed E-state index contributed by atoms with van der Waals surface area (Å²) in [7, 11) is 1.64. The highest BCUT2D eigenvalue weighted by Crippen LogP contribution is 2.23. The van der Waals surface area contributed by atoms with Crippen molar-refractivity contribution >= 4 is 23.9 Å². The van der Waals surface area contributed by atoms with Crippen LogP contribution in [0.5, 0.6) is 5.75 Å². The average molecular weight is 352 g/mol. The molecule has 1 N–H and O–H groups in total. The summed E-state index contributed by atoms with van der Waals surface area (Å²) in [5.74, 6) is 1.62. The molecule has 2 rings (SSSR count). The number of methoxy groups -OCH3 is 1. The molecule has 1 atom stereocenters. The lowest BCUT2D eigenvalue weighted by molar-refractivity contribution is 0.0307. The quantitative estimate of drug-likeness (QED) is 0.901. The second-order valence-corrected chi connectivity index (χ2v) is 7.85. The molecule has 1 aromatic carbocycles. The fraction of sp³-hybridized carbons (Fsp3) is 0.529. The van der Waals surface area contributed by atoms with Crippen LogP contribution < -0.4 is 10.1 Å². The van der Waals surface area contributed by atoms with Crippen molar-refractivity contribution < 1.29 is 19.1 Å². The van der Waals surface area contributed by atoms with E-state index in [0.29, 0.717) is 13.1 Å². The Hall–Kier alpha value is -1.89. The van der Waals surface area contributed by atoms with Gasteiger partial charge < -0.3 is 14.8 Å². The van der Waals surface area contributed by atoms with Crippen LogP contribution in [-0.2, 0) is 10.5 Å². The molecule has 1 aliphatic rings. The summed E-state index contributed by atoms with van der Waals surface area (Å²) in [6, 6.07) is 7.47. The van der Waals surface area contributed by atoms with Gasteiger partial charge in [0.1, 0.15) is 11.4 Å². The first-order valence-electron chi connectivity index (χ1n) is 7.81. The topological polar surface area (TPSA) is 67.9 Å². The molecule has 1 fully saturated rings. The number of carbonyl (C=O) groups is 2. The third-order valence-corrected chi connectivity index (χ3v) is 4.66. The lowest BCUT2D eigenvalue weighted by Crippen LogP contribution is -2.55. The van der Waals surface area contributed by atoms with Gasteiger partial charge in [0, 0.05) is 24.1 Å². The van der Waals surface area contributed by atoms with E-state index in [-0.39, 0.29) is 5.25 Å². The number of carbonyl (C=O) groups excluding carboxylic acids is 2. The van der Waals surface area contributed by atoms with Crippen LogP contribution in [0.1, 0.15) is 26.3 Å². The molecular weight excluding hydrogens is 328 g/mol. The lowest BCUT2D eigenvalue weighted by atomic mass is 10.2. The predicted octanol–water partition coefficient (Wildman–Crippen LogP) is 3.26. The van der Waals surface area contributed by atoms with Gasteiger partial charge in [-0.2, -0.15) is 11.8 Å². The van der Waals surface area contributed by atoms with Gasteiger partial charge in [-0.05, 0) is 38.5 Å². The molecule has 3 amide bonds. The molecule has 6 nitrogen and oxygen atoms in total. The summed E-state index contributed by atoms with van der Waals surface area (Å²) in [5.41, 5.74) is 0.544. The van der Waals surface area contributed by atoms with Crippen molar-refractivity contribution in [1.82, 2.24) is 10.2 Å². The molecular formula is C17H24N2O4S. The second kappa shape index (κ2) is 7.79. The van der Waals surface area contributed by atoms with E-state index in [9.17, 15) is 9.59 Å². The van der Waals surface area contributed by atoms with Crippen LogP contribution >= 0.6 is 11.8 Å². The van der Waals surface area contributed by atoms with Crippen LogP contribution in [0.2, 0.25) is 0 Å². The highest BCUT2D eigenvalue weighted by atomic mass is 32.2. The maximum Gasteiger partial charge on any atom is 0.418 e. The van der Waals surface area contributed by atoms with Gasteiger partial charge in [0.25, 0.3) is 0 Å². The van der Waals surface area contributed by atoms with E-state index in [1.54, 1.807) is 39.6 Å². The molecule has 7 heteroatoms. The first-order valence-corrected chi connectivity index (χ1v) is 8.86. The Labute approximate surface area is 146 Å². The summed E-state index contributed by atoms with van der Waals surface area (Å²) in [5, 5.41) is 2.87. The van der Waals surface area contributed by atoms with Crippen LogP contribution in [-0.4, -0.2) is 48.1 Å². The molecule has 132 valence electrons. The molecule has 1 aromatic rings. The number of hydrogen-bond acceptors (Lipinski definition) is 5. The maximum atomic E-state index is 12.1. The van der Waals surface area contributed by atoms with E-state index < -0.39 is 17.7 Å². The van der Waals surface area contributed by atoms with Crippen LogP contribution in [0, 0.1) is 0 Å². The molecule has 1 heterocycles. The van der Waals surface area contributed by atoms with Crippen molar-refractivity contribution in [1.29, 1.82) is 0 Å². The van der Waals surface area contributed by atoms with Gasteiger partial charge in [-0.3, -0.25) is 0 Å². The molecule has 24 heavy (non-hydrogen) atoms. The third-order valence-electron chi connectivity index (χ3n) is 3.37. The van der Waals surface area contributed by atoms with Crippen molar-refractivity contribution in [2.24, 2.45) is 0 Å². The summed E-state index contributed by atoms with van der Waals surface area (Å²) in [6.45, 7) is 6.23. The first kappa shape index (κ1) is 18.4. The number of nitrogens with one attached hydrogen (secondary N) is 1. The van der Waals surface area contributed by atoms with E-state index in [1.165, 1.54) is 5.56 Å². The Morgan fingerprint density at radius 2 is 2.00 bits per heavy atom. The van der Waals surface area contributed by atoms with Gasteiger partial charge in [-0.1, -0.05) is 12.1 Å². The number of nitrogens with zero attached hydrogens (tertiary/aromatic N) is 1. The van der Waals surface area contributed by atoms with Gasteiger partial charge in [0.2, 0.25) is 0 Å². The maximum absolute atomic E-state index is 12.1. The van der Waals surface area contributed by atoms with Crippen molar-refractivity contribution in [2.75, 3.05) is 20.2 Å². The molecule has 0 bridgehead atoms. The van der Waals surface area contributed by atoms with Gasteiger partial charge in [0.15, 0.2) is 0 Å². The average Bonchev–Trinajstić information content (AvgIpc) is 2.53. The summed E-state index contributed by atoms with van der Waals surface area (Å²) < 4.78 is 10.4. The smallest absolute Gasteiger partial charge is 0.418 e. The third kappa shape index (κ3) is 5.33. The lowest BCUT2D eigenvalue weighted by Gasteiger charge is -2.32.